The summed E-state index contributed by atoms with van der Waals surface area (Å²) >= 11 is 0. The molecule has 0 aliphatic rings. The molecule has 224 valence electrons. The Morgan fingerprint density at radius 3 is 1.51 bits per heavy atom. The standard InChI is InChI=1S/C29H58O6.C2H6/c1-4-7-9-11-13-14-16-19-33-27-29(35-20-17-15-12-10-8-5-2)28-34-26-25-32-24-23-31-22-21-30-18-6-3;1-2/h4,29H,1,5-28H2,2-3H3;1-2H3. The van der Waals surface area contributed by atoms with E-state index in [1.165, 1.54) is 57.8 Å². The summed E-state index contributed by atoms with van der Waals surface area (Å²) in [5, 5.41) is 0. The van der Waals surface area contributed by atoms with Crippen LogP contribution in [-0.4, -0.2) is 78.8 Å². The van der Waals surface area contributed by atoms with Crippen molar-refractivity contribution in [2.24, 2.45) is 0 Å². The average molecular weight is 533 g/mol. The monoisotopic (exact) mass is 532 g/mol. The first-order valence-electron chi connectivity index (χ1n) is 15.5. The molecule has 0 radical (unpaired) electrons. The maximum absolute atomic E-state index is 6.09. The molecule has 0 saturated heterocycles. The van der Waals surface area contributed by atoms with Gasteiger partial charge in [0.25, 0.3) is 0 Å². The second-order valence-corrected chi connectivity index (χ2v) is 9.09. The molecule has 0 aromatic rings. The molecule has 0 rings (SSSR count). The van der Waals surface area contributed by atoms with Crippen LogP contribution < -0.4 is 0 Å². The maximum Gasteiger partial charge on any atom is 0.104 e. The molecule has 0 aliphatic carbocycles. The summed E-state index contributed by atoms with van der Waals surface area (Å²) in [6.07, 6.45) is 17.9. The van der Waals surface area contributed by atoms with Gasteiger partial charge in [0.05, 0.1) is 52.9 Å². The van der Waals surface area contributed by atoms with E-state index < -0.39 is 0 Å². The molecule has 0 bridgehead atoms. The van der Waals surface area contributed by atoms with Crippen molar-refractivity contribution in [2.75, 3.05) is 72.7 Å². The Hall–Kier alpha value is -0.500. The summed E-state index contributed by atoms with van der Waals surface area (Å²) < 4.78 is 34.2. The Labute approximate surface area is 231 Å². The van der Waals surface area contributed by atoms with Gasteiger partial charge < -0.3 is 28.4 Å². The summed E-state index contributed by atoms with van der Waals surface area (Å²) in [4.78, 5) is 0. The summed E-state index contributed by atoms with van der Waals surface area (Å²) in [5.74, 6) is 0. The van der Waals surface area contributed by atoms with E-state index in [4.69, 9.17) is 28.4 Å². The van der Waals surface area contributed by atoms with Crippen molar-refractivity contribution in [3.8, 4) is 0 Å². The number of ether oxygens (including phenoxy) is 6. The molecule has 6 nitrogen and oxygen atoms in total. The highest BCUT2D eigenvalue weighted by Gasteiger charge is 2.10. The normalized spacial score (nSPS) is 11.8. The van der Waals surface area contributed by atoms with Gasteiger partial charge in [-0.1, -0.05) is 85.1 Å². The lowest BCUT2D eigenvalue weighted by molar-refractivity contribution is -0.0700. The third-order valence-electron chi connectivity index (χ3n) is 5.62. The van der Waals surface area contributed by atoms with Crippen LogP contribution in [0.5, 0.6) is 0 Å². The minimum absolute atomic E-state index is 0.00955. The largest absolute Gasteiger partial charge is 0.379 e. The van der Waals surface area contributed by atoms with E-state index in [0.717, 1.165) is 45.5 Å². The fraction of sp³-hybridized carbons (Fsp3) is 0.935. The molecule has 0 aliphatic heterocycles. The number of hydrogen-bond acceptors (Lipinski definition) is 6. The van der Waals surface area contributed by atoms with Gasteiger partial charge in [-0.25, -0.2) is 0 Å². The smallest absolute Gasteiger partial charge is 0.104 e. The molecular weight excluding hydrogens is 468 g/mol. The van der Waals surface area contributed by atoms with E-state index in [1.807, 2.05) is 19.9 Å². The van der Waals surface area contributed by atoms with E-state index in [2.05, 4.69) is 20.4 Å². The first kappa shape index (κ1) is 38.6. The Morgan fingerprint density at radius 1 is 0.486 bits per heavy atom. The summed E-state index contributed by atoms with van der Waals surface area (Å²) in [6.45, 7) is 19.2. The van der Waals surface area contributed by atoms with Gasteiger partial charge in [-0.3, -0.25) is 0 Å². The van der Waals surface area contributed by atoms with Crippen LogP contribution in [0.2, 0.25) is 0 Å². The topological polar surface area (TPSA) is 55.4 Å². The molecule has 1 unspecified atom stereocenters. The first-order chi connectivity index (χ1) is 18.3. The van der Waals surface area contributed by atoms with E-state index in [9.17, 15) is 0 Å². The zero-order chi connectivity index (χ0) is 27.5. The van der Waals surface area contributed by atoms with Crippen LogP contribution in [0.15, 0.2) is 12.7 Å². The average Bonchev–Trinajstić information content (AvgIpc) is 2.92. The number of hydrogen-bond donors (Lipinski definition) is 0. The van der Waals surface area contributed by atoms with Gasteiger partial charge in [-0.05, 0) is 32.1 Å². The molecular formula is C31H64O6. The van der Waals surface area contributed by atoms with E-state index in [0.29, 0.717) is 52.9 Å². The van der Waals surface area contributed by atoms with Gasteiger partial charge in [0, 0.05) is 19.8 Å². The molecule has 0 aromatic carbocycles. The van der Waals surface area contributed by atoms with Crippen molar-refractivity contribution < 1.29 is 28.4 Å². The predicted octanol–water partition coefficient (Wildman–Crippen LogP) is 7.78. The second kappa shape index (κ2) is 37.7. The summed E-state index contributed by atoms with van der Waals surface area (Å²) in [5.41, 5.74) is 0. The molecule has 0 amide bonds. The minimum atomic E-state index is -0.00955. The highest BCUT2D eigenvalue weighted by Crippen LogP contribution is 2.08. The van der Waals surface area contributed by atoms with Crippen LogP contribution in [-0.2, 0) is 28.4 Å². The SMILES string of the molecule is C=CCCCCCCCOCC(COCCOCCOCCOCCC)OCCCCCCCC.CC. The van der Waals surface area contributed by atoms with Gasteiger partial charge in [-0.15, -0.1) is 6.58 Å². The zero-order valence-corrected chi connectivity index (χ0v) is 25.3. The number of allylic oxidation sites excluding steroid dienone is 1. The highest BCUT2D eigenvalue weighted by atomic mass is 16.6. The molecule has 0 N–H and O–H groups in total. The maximum atomic E-state index is 6.09. The van der Waals surface area contributed by atoms with E-state index in [1.54, 1.807) is 0 Å². The van der Waals surface area contributed by atoms with Crippen molar-refractivity contribution in [2.45, 2.75) is 117 Å². The Morgan fingerprint density at radius 2 is 0.946 bits per heavy atom. The Bertz CT molecular complexity index is 394. The Balaban J connectivity index is 0. The van der Waals surface area contributed by atoms with Crippen molar-refractivity contribution >= 4 is 0 Å². The summed E-state index contributed by atoms with van der Waals surface area (Å²) in [6, 6.07) is 0. The van der Waals surface area contributed by atoms with Crippen LogP contribution in [0, 0.1) is 0 Å². The van der Waals surface area contributed by atoms with Gasteiger partial charge in [-0.2, -0.15) is 0 Å². The molecule has 0 heterocycles. The predicted molar refractivity (Wildman–Crippen MR) is 157 cm³/mol. The van der Waals surface area contributed by atoms with Crippen molar-refractivity contribution in [3.05, 3.63) is 12.7 Å². The fourth-order valence-electron chi connectivity index (χ4n) is 3.53. The van der Waals surface area contributed by atoms with Crippen LogP contribution >= 0.6 is 0 Å². The molecule has 0 fully saturated rings. The van der Waals surface area contributed by atoms with Gasteiger partial charge in [0.15, 0.2) is 0 Å². The molecule has 37 heavy (non-hydrogen) atoms. The van der Waals surface area contributed by atoms with Gasteiger partial charge in [0.2, 0.25) is 0 Å². The number of unbranched alkanes of at least 4 members (excludes halogenated alkanes) is 10. The minimum Gasteiger partial charge on any atom is -0.379 e. The third-order valence-corrected chi connectivity index (χ3v) is 5.62. The number of rotatable bonds is 31. The lowest BCUT2D eigenvalue weighted by Gasteiger charge is -2.18. The zero-order valence-electron chi connectivity index (χ0n) is 25.3. The van der Waals surface area contributed by atoms with Crippen molar-refractivity contribution in [1.82, 2.24) is 0 Å². The molecule has 1 atom stereocenters. The Kier molecular flexibility index (Phi) is 39.3. The molecule has 0 spiro atoms. The van der Waals surface area contributed by atoms with Gasteiger partial charge in [0.1, 0.15) is 6.10 Å². The third kappa shape index (κ3) is 35.5. The summed E-state index contributed by atoms with van der Waals surface area (Å²) in [7, 11) is 0. The molecule has 6 heteroatoms. The van der Waals surface area contributed by atoms with Crippen molar-refractivity contribution in [1.29, 1.82) is 0 Å². The second-order valence-electron chi connectivity index (χ2n) is 9.09. The van der Waals surface area contributed by atoms with E-state index in [-0.39, 0.29) is 6.10 Å². The first-order valence-corrected chi connectivity index (χ1v) is 15.5. The van der Waals surface area contributed by atoms with Crippen LogP contribution in [0.3, 0.4) is 0 Å². The van der Waals surface area contributed by atoms with Crippen LogP contribution in [0.1, 0.15) is 111 Å². The lowest BCUT2D eigenvalue weighted by atomic mass is 10.1. The quantitative estimate of drug-likeness (QED) is 0.0671. The van der Waals surface area contributed by atoms with Crippen LogP contribution in [0.4, 0.5) is 0 Å². The molecule has 0 aromatic heterocycles. The lowest BCUT2D eigenvalue weighted by Crippen LogP contribution is -2.27. The molecule has 0 saturated carbocycles. The van der Waals surface area contributed by atoms with Crippen LogP contribution in [0.25, 0.3) is 0 Å². The van der Waals surface area contributed by atoms with E-state index >= 15 is 0 Å². The highest BCUT2D eigenvalue weighted by molar-refractivity contribution is 4.65. The fourth-order valence-corrected chi connectivity index (χ4v) is 3.53. The van der Waals surface area contributed by atoms with Crippen molar-refractivity contribution in [3.63, 3.8) is 0 Å². The van der Waals surface area contributed by atoms with Gasteiger partial charge >= 0.3 is 0 Å².